The van der Waals surface area contributed by atoms with Gasteiger partial charge in [-0.3, -0.25) is 4.18 Å². The zero-order valence-corrected chi connectivity index (χ0v) is 25.7. The number of hydrogen-bond acceptors (Lipinski definition) is 11. The highest BCUT2D eigenvalue weighted by Gasteiger charge is 2.60. The zero-order chi connectivity index (χ0) is 34.6. The number of rotatable bonds is 7. The molecule has 1 saturated carbocycles. The number of benzene rings is 1. The molecule has 3 aromatic rings. The minimum Gasteiger partial charge on any atom is -0.426 e. The molecule has 2 fully saturated rings. The summed E-state index contributed by atoms with van der Waals surface area (Å²) in [6.07, 6.45) is -15.5. The minimum absolute atomic E-state index is 0.120. The normalized spacial score (nSPS) is 24.4. The Kier molecular flexibility index (Phi) is 8.69. The van der Waals surface area contributed by atoms with Gasteiger partial charge in [0.1, 0.15) is 6.33 Å². The topological polar surface area (TPSA) is 188 Å². The first-order valence-electron chi connectivity index (χ1n) is 14.8. The van der Waals surface area contributed by atoms with Crippen molar-refractivity contribution >= 4 is 33.4 Å². The van der Waals surface area contributed by atoms with Crippen LogP contribution in [0.3, 0.4) is 0 Å². The minimum atomic E-state index is -5.81. The first-order chi connectivity index (χ1) is 22.5. The quantitative estimate of drug-likeness (QED) is 0.306. The molecule has 4 atom stereocenters. The molecule has 2 aromatic heterocycles. The van der Waals surface area contributed by atoms with Gasteiger partial charge in [-0.25, -0.2) is 24.6 Å². The molecule has 14 nitrogen and oxygen atoms in total. The molecule has 1 aliphatic heterocycles. The maximum atomic E-state index is 13.0. The van der Waals surface area contributed by atoms with Crippen molar-refractivity contribution in [1.29, 1.82) is 0 Å². The van der Waals surface area contributed by atoms with Crippen LogP contribution in [0.4, 0.5) is 37.0 Å². The van der Waals surface area contributed by atoms with Crippen LogP contribution in [0.1, 0.15) is 55.3 Å². The SMILES string of the molecule is NS(=O)(=O)OC[C@@H]1C[C@@H](n2nnc3c(N[C@H]4CC5(CCN(C(=O)OC(C(F)(F)F)C(F)(F)F)CC5)c5ccccc54)ncnc32)C[C@@H]1O. The lowest BCUT2D eigenvalue weighted by Crippen LogP contribution is -2.50. The number of carbonyl (C=O) groups excluding carboxylic acids is 1. The second-order valence-electron chi connectivity index (χ2n) is 12.3. The Labute approximate surface area is 268 Å². The number of nitrogens with zero attached hydrogens (tertiary/aromatic N) is 6. The summed E-state index contributed by atoms with van der Waals surface area (Å²) in [5.74, 6) is -0.177. The lowest BCUT2D eigenvalue weighted by Gasteiger charge is -2.40. The third-order valence-corrected chi connectivity index (χ3v) is 9.76. The number of carbonyl (C=O) groups is 1. The molecule has 1 aromatic carbocycles. The van der Waals surface area contributed by atoms with Gasteiger partial charge in [0.15, 0.2) is 17.0 Å². The molecule has 262 valence electrons. The summed E-state index contributed by atoms with van der Waals surface area (Å²) in [6, 6.07) is 6.75. The van der Waals surface area contributed by atoms with Crippen molar-refractivity contribution in [2.45, 2.75) is 74.2 Å². The van der Waals surface area contributed by atoms with E-state index in [1.54, 1.807) is 0 Å². The summed E-state index contributed by atoms with van der Waals surface area (Å²) in [5, 5.41) is 27.3. The molecule has 21 heteroatoms. The molecular weight excluding hydrogens is 678 g/mol. The van der Waals surface area contributed by atoms with Crippen LogP contribution in [0.15, 0.2) is 30.6 Å². The molecule has 6 rings (SSSR count). The number of ether oxygens (including phenoxy) is 1. The number of hydrogen-bond donors (Lipinski definition) is 3. The van der Waals surface area contributed by atoms with Crippen molar-refractivity contribution in [3.05, 3.63) is 41.7 Å². The number of nitrogens with two attached hydrogens (primary N) is 1. The van der Waals surface area contributed by atoms with Crippen molar-refractivity contribution in [3.8, 4) is 0 Å². The van der Waals surface area contributed by atoms with Gasteiger partial charge in [0.25, 0.3) is 6.10 Å². The summed E-state index contributed by atoms with van der Waals surface area (Å²) < 4.78 is 110. The van der Waals surface area contributed by atoms with Gasteiger partial charge < -0.3 is 20.1 Å². The molecule has 0 bridgehead atoms. The number of alkyl halides is 6. The zero-order valence-electron chi connectivity index (χ0n) is 24.9. The summed E-state index contributed by atoms with van der Waals surface area (Å²) in [6.45, 7) is -0.538. The van der Waals surface area contributed by atoms with Crippen LogP contribution in [0, 0.1) is 5.92 Å². The van der Waals surface area contributed by atoms with Gasteiger partial charge in [0.05, 0.1) is 24.8 Å². The molecular formula is C27H30F6N8O6S. The Bertz CT molecular complexity index is 1770. The molecule has 3 heterocycles. The predicted octanol–water partition coefficient (Wildman–Crippen LogP) is 3.27. The van der Waals surface area contributed by atoms with E-state index in [9.17, 15) is 44.7 Å². The molecule has 4 N–H and O–H groups in total. The first kappa shape index (κ1) is 34.1. The largest absolute Gasteiger partial charge is 0.434 e. The summed E-state index contributed by atoms with van der Waals surface area (Å²) in [4.78, 5) is 21.9. The fourth-order valence-corrected chi connectivity index (χ4v) is 7.39. The van der Waals surface area contributed by atoms with E-state index < -0.39 is 52.3 Å². The van der Waals surface area contributed by atoms with Gasteiger partial charge >= 0.3 is 28.8 Å². The van der Waals surface area contributed by atoms with Gasteiger partial charge in [-0.2, -0.15) is 34.8 Å². The lowest BCUT2D eigenvalue weighted by atomic mass is 9.73. The number of anilines is 1. The van der Waals surface area contributed by atoms with Crippen molar-refractivity contribution in [2.24, 2.45) is 11.1 Å². The smallest absolute Gasteiger partial charge is 0.426 e. The maximum absolute atomic E-state index is 13.0. The second kappa shape index (κ2) is 12.3. The summed E-state index contributed by atoms with van der Waals surface area (Å²) >= 11 is 0. The Morgan fingerprint density at radius 1 is 1.10 bits per heavy atom. The van der Waals surface area contributed by atoms with Crippen molar-refractivity contribution in [3.63, 3.8) is 0 Å². The van der Waals surface area contributed by atoms with Crippen LogP contribution < -0.4 is 10.5 Å². The maximum Gasteiger partial charge on any atom is 0.434 e. The number of likely N-dealkylation sites (tertiary alicyclic amines) is 1. The molecule has 3 aliphatic rings. The molecule has 1 amide bonds. The van der Waals surface area contributed by atoms with E-state index in [2.05, 4.69) is 34.5 Å². The van der Waals surface area contributed by atoms with E-state index in [-0.39, 0.29) is 51.0 Å². The number of nitrogens with one attached hydrogen (secondary N) is 1. The Morgan fingerprint density at radius 2 is 1.79 bits per heavy atom. The van der Waals surface area contributed by atoms with Crippen LogP contribution in [0.25, 0.3) is 11.2 Å². The van der Waals surface area contributed by atoms with Crippen molar-refractivity contribution < 1.29 is 53.6 Å². The average Bonchev–Trinajstić information content (AvgIpc) is 3.68. The van der Waals surface area contributed by atoms with Crippen LogP contribution in [-0.4, -0.2) is 93.7 Å². The fourth-order valence-electron chi connectivity index (χ4n) is 7.02. The van der Waals surface area contributed by atoms with Crippen molar-refractivity contribution in [1.82, 2.24) is 29.9 Å². The van der Waals surface area contributed by atoms with Gasteiger partial charge in [-0.1, -0.05) is 29.5 Å². The molecule has 1 saturated heterocycles. The number of piperidine rings is 1. The molecule has 1 spiro atoms. The number of halogens is 6. The standard InChI is InChI=1S/C27H30F6N8O6S/c28-26(29,30)23(27(31,32)33)47-24(43)40-7-5-25(6-8-40)11-18(16-3-1-2-4-17(16)25)37-21-20-22(36-13-35-21)41(39-38-20)15-9-14(19(42)10-15)12-46-48(34,44)45/h1-4,13-15,18-19,23,42H,5-12H2,(H2,34,44,45)(H,35,36,37)/t14-,15+,18-,19-/m0/s1. The molecule has 0 unspecified atom stereocenters. The van der Waals surface area contributed by atoms with E-state index in [0.717, 1.165) is 16.0 Å². The number of aliphatic hydroxyl groups excluding tert-OH is 1. The summed E-state index contributed by atoms with van der Waals surface area (Å²) in [7, 11) is -4.18. The molecule has 2 aliphatic carbocycles. The monoisotopic (exact) mass is 708 g/mol. The molecule has 48 heavy (non-hydrogen) atoms. The van der Waals surface area contributed by atoms with Crippen LogP contribution >= 0.6 is 0 Å². The lowest BCUT2D eigenvalue weighted by molar-refractivity contribution is -0.308. The number of aliphatic hydroxyl groups is 1. The third-order valence-electron chi connectivity index (χ3n) is 9.29. The van der Waals surface area contributed by atoms with Gasteiger partial charge in [0.2, 0.25) is 0 Å². The van der Waals surface area contributed by atoms with Crippen molar-refractivity contribution in [2.75, 3.05) is 25.0 Å². The highest BCUT2D eigenvalue weighted by Crippen LogP contribution is 2.52. The molecule has 0 radical (unpaired) electrons. The van der Waals surface area contributed by atoms with E-state index in [1.165, 1.54) is 11.0 Å². The summed E-state index contributed by atoms with van der Waals surface area (Å²) in [5.41, 5.74) is 1.98. The highest BCUT2D eigenvalue weighted by atomic mass is 32.2. The van der Waals surface area contributed by atoms with E-state index >= 15 is 0 Å². The highest BCUT2D eigenvalue weighted by molar-refractivity contribution is 7.84. The Morgan fingerprint density at radius 3 is 2.46 bits per heavy atom. The number of amides is 1. The average molecular weight is 709 g/mol. The van der Waals surface area contributed by atoms with Gasteiger partial charge in [-0.15, -0.1) is 5.10 Å². The van der Waals surface area contributed by atoms with Crippen LogP contribution in [-0.2, 0) is 24.6 Å². The van der Waals surface area contributed by atoms with E-state index in [4.69, 9.17) is 5.14 Å². The first-order valence-corrected chi connectivity index (χ1v) is 16.3. The predicted molar refractivity (Wildman–Crippen MR) is 152 cm³/mol. The van der Waals surface area contributed by atoms with Crippen LogP contribution in [0.5, 0.6) is 0 Å². The van der Waals surface area contributed by atoms with Gasteiger partial charge in [0, 0.05) is 24.4 Å². The Balaban J connectivity index is 1.16. The number of fused-ring (bicyclic) bond motifs is 3. The Hall–Kier alpha value is -3.82. The number of aromatic nitrogens is 5. The fraction of sp³-hybridized carbons (Fsp3) is 0.593. The van der Waals surface area contributed by atoms with E-state index in [0.29, 0.717) is 29.8 Å². The van der Waals surface area contributed by atoms with E-state index in [1.807, 2.05) is 24.3 Å². The van der Waals surface area contributed by atoms with Gasteiger partial charge in [-0.05, 0) is 43.2 Å². The second-order valence-corrected chi connectivity index (χ2v) is 13.5. The third kappa shape index (κ3) is 6.72. The van der Waals surface area contributed by atoms with Crippen LogP contribution in [0.2, 0.25) is 0 Å².